The molecule has 20 heavy (non-hydrogen) atoms. The van der Waals surface area contributed by atoms with E-state index in [-0.39, 0.29) is 0 Å². The molecule has 1 aliphatic rings. The number of hydrogen-bond donors (Lipinski definition) is 1. The monoisotopic (exact) mass is 260 g/mol. The highest BCUT2D eigenvalue weighted by Crippen LogP contribution is 2.42. The molecule has 0 amide bonds. The molecule has 0 radical (unpaired) electrons. The van der Waals surface area contributed by atoms with Crippen molar-refractivity contribution in [3.05, 3.63) is 71.3 Å². The summed E-state index contributed by atoms with van der Waals surface area (Å²) in [6, 6.07) is 18.0. The van der Waals surface area contributed by atoms with Crippen LogP contribution < -0.4 is 0 Å². The van der Waals surface area contributed by atoms with Crippen LogP contribution in [0.1, 0.15) is 21.5 Å². The molecule has 0 aromatic heterocycles. The van der Waals surface area contributed by atoms with E-state index in [9.17, 15) is 9.90 Å². The van der Waals surface area contributed by atoms with Crippen molar-refractivity contribution in [2.75, 3.05) is 0 Å². The highest BCUT2D eigenvalue weighted by atomic mass is 16.4. The summed E-state index contributed by atoms with van der Waals surface area (Å²) in [5, 5.41) is 11.6. The number of hydrogen-bond acceptors (Lipinski definition) is 1. The zero-order valence-electron chi connectivity index (χ0n) is 10.8. The molecule has 3 aromatic carbocycles. The lowest BCUT2D eigenvalue weighted by Crippen LogP contribution is -2.02. The van der Waals surface area contributed by atoms with Gasteiger partial charge in [0.1, 0.15) is 0 Å². The molecule has 1 aliphatic carbocycles. The van der Waals surface area contributed by atoms with E-state index in [1.165, 1.54) is 11.1 Å². The van der Waals surface area contributed by atoms with Gasteiger partial charge >= 0.3 is 5.97 Å². The summed E-state index contributed by atoms with van der Waals surface area (Å²) in [5.74, 6) is -0.847. The molecule has 96 valence electrons. The highest BCUT2D eigenvalue weighted by Gasteiger charge is 2.25. The van der Waals surface area contributed by atoms with E-state index in [1.807, 2.05) is 30.3 Å². The van der Waals surface area contributed by atoms with Crippen LogP contribution in [-0.4, -0.2) is 11.1 Å². The van der Waals surface area contributed by atoms with Gasteiger partial charge in [0.05, 0.1) is 5.56 Å². The summed E-state index contributed by atoms with van der Waals surface area (Å²) in [7, 11) is 0. The molecular weight excluding hydrogens is 248 g/mol. The predicted octanol–water partition coefficient (Wildman–Crippen LogP) is 4.11. The molecule has 0 bridgehead atoms. The molecule has 3 aromatic rings. The van der Waals surface area contributed by atoms with Crippen LogP contribution >= 0.6 is 0 Å². The number of aromatic carboxylic acids is 1. The summed E-state index contributed by atoms with van der Waals surface area (Å²) in [5.41, 5.74) is 4.84. The van der Waals surface area contributed by atoms with Gasteiger partial charge in [-0.1, -0.05) is 48.5 Å². The first kappa shape index (κ1) is 11.2. The number of fused-ring (bicyclic) bond motifs is 5. The van der Waals surface area contributed by atoms with Crippen LogP contribution in [0.25, 0.3) is 21.9 Å². The van der Waals surface area contributed by atoms with Gasteiger partial charge in [0, 0.05) is 0 Å². The second-order valence-corrected chi connectivity index (χ2v) is 5.14. The molecule has 0 atom stereocenters. The van der Waals surface area contributed by atoms with Gasteiger partial charge in [-0.15, -0.1) is 0 Å². The van der Waals surface area contributed by atoms with Crippen molar-refractivity contribution in [1.82, 2.24) is 0 Å². The standard InChI is InChI=1S/C18H12O2/c19-18(20)16-10-12-6-2-4-8-14(12)17-13-7-3-1-5-11(13)9-15(16)17/h1-8,10H,9H2,(H,19,20). The molecule has 2 nitrogen and oxygen atoms in total. The van der Waals surface area contributed by atoms with E-state index in [4.69, 9.17) is 0 Å². The third-order valence-corrected chi connectivity index (χ3v) is 4.04. The van der Waals surface area contributed by atoms with E-state index in [2.05, 4.69) is 18.2 Å². The fraction of sp³-hybridized carbons (Fsp3) is 0.0556. The smallest absolute Gasteiger partial charge is 0.336 e. The maximum absolute atomic E-state index is 11.6. The summed E-state index contributed by atoms with van der Waals surface area (Å²) in [6.45, 7) is 0. The minimum Gasteiger partial charge on any atom is -0.478 e. The first-order valence-electron chi connectivity index (χ1n) is 6.62. The molecule has 0 heterocycles. The Bertz CT molecular complexity index is 862. The van der Waals surface area contributed by atoms with Crippen LogP contribution in [0.3, 0.4) is 0 Å². The fourth-order valence-corrected chi connectivity index (χ4v) is 3.18. The SMILES string of the molecule is O=C(O)c1cc2ccccc2c2c1Cc1ccccc1-2. The van der Waals surface area contributed by atoms with E-state index in [1.54, 1.807) is 6.07 Å². The zero-order valence-corrected chi connectivity index (χ0v) is 10.8. The molecule has 0 saturated carbocycles. The summed E-state index contributed by atoms with van der Waals surface area (Å²) >= 11 is 0. The lowest BCUT2D eigenvalue weighted by molar-refractivity contribution is 0.0696. The van der Waals surface area contributed by atoms with Crippen LogP contribution in [0, 0.1) is 0 Å². The van der Waals surface area contributed by atoms with Gasteiger partial charge < -0.3 is 5.11 Å². The molecule has 0 fully saturated rings. The first-order chi connectivity index (χ1) is 9.75. The van der Waals surface area contributed by atoms with Crippen molar-refractivity contribution in [3.63, 3.8) is 0 Å². The molecule has 1 N–H and O–H groups in total. The van der Waals surface area contributed by atoms with Gasteiger partial charge in [0.25, 0.3) is 0 Å². The van der Waals surface area contributed by atoms with Gasteiger partial charge in [-0.2, -0.15) is 0 Å². The third-order valence-electron chi connectivity index (χ3n) is 4.04. The number of rotatable bonds is 1. The summed E-state index contributed by atoms with van der Waals surface area (Å²) in [6.07, 6.45) is 0.706. The van der Waals surface area contributed by atoms with E-state index < -0.39 is 5.97 Å². The van der Waals surface area contributed by atoms with Crippen molar-refractivity contribution in [3.8, 4) is 11.1 Å². The number of carboxylic acids is 1. The number of benzene rings is 3. The Morgan fingerprint density at radius 2 is 1.75 bits per heavy atom. The highest BCUT2D eigenvalue weighted by molar-refractivity contribution is 6.07. The van der Waals surface area contributed by atoms with Crippen molar-refractivity contribution >= 4 is 16.7 Å². The maximum Gasteiger partial charge on any atom is 0.336 e. The Hall–Kier alpha value is -2.61. The maximum atomic E-state index is 11.6. The van der Waals surface area contributed by atoms with E-state index >= 15 is 0 Å². The average Bonchev–Trinajstić information content (AvgIpc) is 2.85. The Kier molecular flexibility index (Phi) is 2.21. The van der Waals surface area contributed by atoms with Gasteiger partial charge in [0.2, 0.25) is 0 Å². The van der Waals surface area contributed by atoms with Crippen LogP contribution in [0.5, 0.6) is 0 Å². The Morgan fingerprint density at radius 3 is 2.60 bits per heavy atom. The number of carbonyl (C=O) groups is 1. The molecule has 0 aliphatic heterocycles. The van der Waals surface area contributed by atoms with Crippen LogP contribution in [0.2, 0.25) is 0 Å². The number of carboxylic acid groups (broad SMARTS) is 1. The van der Waals surface area contributed by atoms with Crippen LogP contribution in [-0.2, 0) is 6.42 Å². The van der Waals surface area contributed by atoms with Crippen molar-refractivity contribution in [2.45, 2.75) is 6.42 Å². The quantitative estimate of drug-likeness (QED) is 0.559. The second kappa shape index (κ2) is 3.94. The van der Waals surface area contributed by atoms with Gasteiger partial charge in [-0.05, 0) is 45.5 Å². The van der Waals surface area contributed by atoms with Crippen molar-refractivity contribution in [2.24, 2.45) is 0 Å². The van der Waals surface area contributed by atoms with Gasteiger partial charge in [-0.3, -0.25) is 0 Å². The molecule has 4 rings (SSSR count). The first-order valence-corrected chi connectivity index (χ1v) is 6.62. The molecule has 0 unspecified atom stereocenters. The minimum absolute atomic E-state index is 0.426. The summed E-state index contributed by atoms with van der Waals surface area (Å²) < 4.78 is 0. The lowest BCUT2D eigenvalue weighted by Gasteiger charge is -2.10. The fourth-order valence-electron chi connectivity index (χ4n) is 3.18. The van der Waals surface area contributed by atoms with Crippen LogP contribution in [0.15, 0.2) is 54.6 Å². The summed E-state index contributed by atoms with van der Waals surface area (Å²) in [4.78, 5) is 11.6. The van der Waals surface area contributed by atoms with Crippen molar-refractivity contribution < 1.29 is 9.90 Å². The van der Waals surface area contributed by atoms with Gasteiger partial charge in [0.15, 0.2) is 0 Å². The normalized spacial score (nSPS) is 12.2. The average molecular weight is 260 g/mol. The molecular formula is C18H12O2. The predicted molar refractivity (Wildman–Crippen MR) is 79.1 cm³/mol. The Labute approximate surface area is 116 Å². The van der Waals surface area contributed by atoms with Crippen LogP contribution in [0.4, 0.5) is 0 Å². The van der Waals surface area contributed by atoms with E-state index in [0.717, 1.165) is 21.9 Å². The topological polar surface area (TPSA) is 37.3 Å². The lowest BCUT2D eigenvalue weighted by atomic mass is 9.94. The Balaban J connectivity index is 2.19. The molecule has 0 spiro atoms. The van der Waals surface area contributed by atoms with Gasteiger partial charge in [-0.25, -0.2) is 4.79 Å². The second-order valence-electron chi connectivity index (χ2n) is 5.14. The minimum atomic E-state index is -0.847. The molecule has 0 saturated heterocycles. The largest absolute Gasteiger partial charge is 0.478 e. The molecule has 2 heteroatoms. The van der Waals surface area contributed by atoms with E-state index in [0.29, 0.717) is 12.0 Å². The van der Waals surface area contributed by atoms with Crippen molar-refractivity contribution in [1.29, 1.82) is 0 Å². The Morgan fingerprint density at radius 1 is 1.00 bits per heavy atom. The zero-order chi connectivity index (χ0) is 13.7. The third kappa shape index (κ3) is 1.42.